The molecule has 1 unspecified atom stereocenters. The maximum atomic E-state index is 14.6. The van der Waals surface area contributed by atoms with Gasteiger partial charge in [0.1, 0.15) is 23.0 Å². The lowest BCUT2D eigenvalue weighted by Gasteiger charge is -2.14. The molecule has 0 saturated heterocycles. The predicted octanol–water partition coefficient (Wildman–Crippen LogP) is 8.80. The normalized spacial score (nSPS) is 11.7. The third kappa shape index (κ3) is 9.32. The lowest BCUT2D eigenvalue weighted by molar-refractivity contribution is -0.115. The Morgan fingerprint density at radius 3 is 2.00 bits per heavy atom. The molecule has 1 atom stereocenters. The zero-order chi connectivity index (χ0) is 33.2. The SMILES string of the molecule is CC(Sc1ccc(NC(=O)/C(=C/c2c(F)cccc2Cl)NC(=O)c2ccccc2)cc1)C(=O)Nc1ccc(Oc2ccccc2)cc1. The van der Waals surface area contributed by atoms with Gasteiger partial charge >= 0.3 is 0 Å². The molecule has 0 aliphatic heterocycles. The molecular formula is C37H29ClFN3O4S. The van der Waals surface area contributed by atoms with E-state index in [0.717, 1.165) is 10.6 Å². The lowest BCUT2D eigenvalue weighted by Crippen LogP contribution is -2.30. The maximum Gasteiger partial charge on any atom is 0.272 e. The number of hydrogen-bond donors (Lipinski definition) is 3. The molecule has 5 aromatic carbocycles. The molecule has 10 heteroatoms. The lowest BCUT2D eigenvalue weighted by atomic mass is 10.1. The Labute approximate surface area is 280 Å². The molecule has 7 nitrogen and oxygen atoms in total. The second-order valence-corrected chi connectivity index (χ2v) is 12.0. The van der Waals surface area contributed by atoms with Gasteiger partial charge in [-0.3, -0.25) is 14.4 Å². The highest BCUT2D eigenvalue weighted by atomic mass is 35.5. The number of nitrogens with one attached hydrogen (secondary N) is 3. The van der Waals surface area contributed by atoms with Gasteiger partial charge < -0.3 is 20.7 Å². The van der Waals surface area contributed by atoms with E-state index in [9.17, 15) is 18.8 Å². The summed E-state index contributed by atoms with van der Waals surface area (Å²) in [4.78, 5) is 39.9. The van der Waals surface area contributed by atoms with E-state index >= 15 is 0 Å². The van der Waals surface area contributed by atoms with Crippen LogP contribution in [0.2, 0.25) is 5.02 Å². The Morgan fingerprint density at radius 2 is 1.34 bits per heavy atom. The molecule has 47 heavy (non-hydrogen) atoms. The minimum Gasteiger partial charge on any atom is -0.457 e. The molecule has 3 N–H and O–H groups in total. The molecule has 0 aliphatic carbocycles. The number of benzene rings is 5. The number of amides is 3. The van der Waals surface area contributed by atoms with Crippen LogP contribution in [0.15, 0.2) is 138 Å². The quantitative estimate of drug-likeness (QED) is 0.0968. The van der Waals surface area contributed by atoms with Gasteiger partial charge in [-0.15, -0.1) is 11.8 Å². The van der Waals surface area contributed by atoms with Gasteiger partial charge in [-0.05, 0) is 97.9 Å². The summed E-state index contributed by atoms with van der Waals surface area (Å²) in [6.07, 6.45) is 1.20. The zero-order valence-corrected chi connectivity index (χ0v) is 26.6. The molecule has 0 spiro atoms. The van der Waals surface area contributed by atoms with Crippen LogP contribution in [0, 0.1) is 5.82 Å². The highest BCUT2D eigenvalue weighted by molar-refractivity contribution is 8.00. The van der Waals surface area contributed by atoms with Crippen molar-refractivity contribution >= 4 is 58.5 Å². The fourth-order valence-electron chi connectivity index (χ4n) is 4.28. The van der Waals surface area contributed by atoms with E-state index < -0.39 is 22.9 Å². The largest absolute Gasteiger partial charge is 0.457 e. The number of thioether (sulfide) groups is 1. The van der Waals surface area contributed by atoms with Gasteiger partial charge in [0.25, 0.3) is 11.8 Å². The molecule has 5 rings (SSSR count). The number of ether oxygens (including phenoxy) is 1. The van der Waals surface area contributed by atoms with Crippen molar-refractivity contribution < 1.29 is 23.5 Å². The van der Waals surface area contributed by atoms with E-state index in [1.807, 2.05) is 30.3 Å². The van der Waals surface area contributed by atoms with Gasteiger partial charge in [-0.2, -0.15) is 0 Å². The summed E-state index contributed by atoms with van der Waals surface area (Å²) < 4.78 is 20.4. The monoisotopic (exact) mass is 665 g/mol. The summed E-state index contributed by atoms with van der Waals surface area (Å²) >= 11 is 7.53. The maximum absolute atomic E-state index is 14.6. The minimum absolute atomic E-state index is 0.0387. The fraction of sp³-hybridized carbons (Fsp3) is 0.0541. The molecule has 0 radical (unpaired) electrons. The van der Waals surface area contributed by atoms with Crippen molar-refractivity contribution in [3.63, 3.8) is 0 Å². The summed E-state index contributed by atoms with van der Waals surface area (Å²) in [5, 5.41) is 7.86. The summed E-state index contributed by atoms with van der Waals surface area (Å²) in [5.41, 5.74) is 1.14. The first-order chi connectivity index (χ1) is 22.7. The highest BCUT2D eigenvalue weighted by Gasteiger charge is 2.18. The second-order valence-electron chi connectivity index (χ2n) is 10.2. The molecule has 236 valence electrons. The minimum atomic E-state index is -0.679. The third-order valence-corrected chi connectivity index (χ3v) is 8.15. The van der Waals surface area contributed by atoms with Crippen molar-refractivity contribution in [1.82, 2.24) is 5.32 Å². The summed E-state index contributed by atoms with van der Waals surface area (Å²) in [6.45, 7) is 1.79. The van der Waals surface area contributed by atoms with Gasteiger partial charge in [-0.25, -0.2) is 4.39 Å². The standard InChI is InChI=1S/C37H29ClFN3O4S/c1-24(35(43)40-26-15-19-29(20-16-26)46-28-11-6-3-7-12-28)47-30-21-17-27(18-22-30)41-37(45)34(23-31-32(38)13-8-14-33(31)39)42-36(44)25-9-4-2-5-10-25/h2-24H,1H3,(H,40,43)(H,41,45)(H,42,44)/b34-23-. The van der Waals surface area contributed by atoms with Crippen LogP contribution in [-0.4, -0.2) is 23.0 Å². The Balaban J connectivity index is 1.20. The summed E-state index contributed by atoms with van der Waals surface area (Å²) in [7, 11) is 0. The molecule has 0 aliphatic rings. The van der Waals surface area contributed by atoms with Crippen molar-refractivity contribution in [1.29, 1.82) is 0 Å². The number of carbonyl (C=O) groups excluding carboxylic acids is 3. The number of halogens is 2. The molecule has 0 aromatic heterocycles. The number of anilines is 2. The number of carbonyl (C=O) groups is 3. The van der Waals surface area contributed by atoms with Gasteiger partial charge in [0.05, 0.1) is 10.3 Å². The first kappa shape index (κ1) is 33.0. The predicted molar refractivity (Wildman–Crippen MR) is 185 cm³/mol. The van der Waals surface area contributed by atoms with E-state index in [1.165, 1.54) is 36.0 Å². The topological polar surface area (TPSA) is 96.5 Å². The average Bonchev–Trinajstić information content (AvgIpc) is 3.08. The van der Waals surface area contributed by atoms with Gasteiger partial charge in [-0.1, -0.05) is 54.1 Å². The number of para-hydroxylation sites is 1. The highest BCUT2D eigenvalue weighted by Crippen LogP contribution is 2.28. The van der Waals surface area contributed by atoms with Gasteiger partial charge in [0, 0.05) is 27.4 Å². The average molecular weight is 666 g/mol. The summed E-state index contributed by atoms with van der Waals surface area (Å²) in [6, 6.07) is 35.9. The van der Waals surface area contributed by atoms with Crippen LogP contribution >= 0.6 is 23.4 Å². The van der Waals surface area contributed by atoms with Crippen molar-refractivity contribution in [2.45, 2.75) is 17.1 Å². The van der Waals surface area contributed by atoms with Crippen LogP contribution in [-0.2, 0) is 9.59 Å². The molecular weight excluding hydrogens is 637 g/mol. The molecule has 0 heterocycles. The molecule has 0 fully saturated rings. The van der Waals surface area contributed by atoms with Crippen molar-refractivity contribution in [3.05, 3.63) is 155 Å². The van der Waals surface area contributed by atoms with Crippen molar-refractivity contribution in [2.24, 2.45) is 0 Å². The van der Waals surface area contributed by atoms with Crippen LogP contribution in [0.1, 0.15) is 22.8 Å². The van der Waals surface area contributed by atoms with E-state index in [1.54, 1.807) is 85.8 Å². The van der Waals surface area contributed by atoms with Gasteiger partial charge in [0.15, 0.2) is 0 Å². The first-order valence-corrected chi connectivity index (χ1v) is 15.7. The molecule has 5 aromatic rings. The van der Waals surface area contributed by atoms with Crippen molar-refractivity contribution in [3.8, 4) is 11.5 Å². The Kier molecular flexibility index (Phi) is 11.1. The fourth-order valence-corrected chi connectivity index (χ4v) is 5.37. The zero-order valence-electron chi connectivity index (χ0n) is 25.1. The smallest absolute Gasteiger partial charge is 0.272 e. The Bertz CT molecular complexity index is 1870. The van der Waals surface area contributed by atoms with E-state index in [-0.39, 0.29) is 22.2 Å². The second kappa shape index (κ2) is 15.8. The van der Waals surface area contributed by atoms with Crippen molar-refractivity contribution in [2.75, 3.05) is 10.6 Å². The molecule has 0 bridgehead atoms. The Hall–Kier alpha value is -5.38. The van der Waals surface area contributed by atoms with E-state index in [2.05, 4.69) is 16.0 Å². The number of rotatable bonds is 11. The van der Waals surface area contributed by atoms with Crippen LogP contribution < -0.4 is 20.7 Å². The molecule has 3 amide bonds. The third-order valence-electron chi connectivity index (χ3n) is 6.71. The Morgan fingerprint density at radius 1 is 0.745 bits per heavy atom. The number of hydrogen-bond acceptors (Lipinski definition) is 5. The van der Waals surface area contributed by atoms with Crippen LogP contribution in [0.3, 0.4) is 0 Å². The van der Waals surface area contributed by atoms with Gasteiger partial charge in [0.2, 0.25) is 5.91 Å². The first-order valence-electron chi connectivity index (χ1n) is 14.5. The summed E-state index contributed by atoms with van der Waals surface area (Å²) in [5.74, 6) is -0.678. The molecule has 0 saturated carbocycles. The van der Waals surface area contributed by atoms with Crippen LogP contribution in [0.5, 0.6) is 11.5 Å². The van der Waals surface area contributed by atoms with E-state index in [0.29, 0.717) is 22.7 Å². The van der Waals surface area contributed by atoms with Crippen LogP contribution in [0.4, 0.5) is 15.8 Å². The van der Waals surface area contributed by atoms with E-state index in [4.69, 9.17) is 16.3 Å². The van der Waals surface area contributed by atoms with Crippen LogP contribution in [0.25, 0.3) is 6.08 Å².